The van der Waals surface area contributed by atoms with Gasteiger partial charge in [0.2, 0.25) is 5.91 Å². The number of aliphatic hydroxyl groups is 1. The van der Waals surface area contributed by atoms with Gasteiger partial charge in [-0.1, -0.05) is 29.8 Å². The monoisotopic (exact) mass is 452 g/mol. The molecule has 0 aliphatic carbocycles. The minimum absolute atomic E-state index is 0.272. The Labute approximate surface area is 197 Å². The molecule has 1 N–H and O–H groups in total. The third-order valence-electron chi connectivity index (χ3n) is 6.66. The first kappa shape index (κ1) is 23.6. The fraction of sp³-hybridized carbons (Fsp3) is 0.519. The molecule has 0 bridgehead atoms. The quantitative estimate of drug-likeness (QED) is 0.556. The fourth-order valence-electron chi connectivity index (χ4n) is 4.46. The molecule has 2 aliphatic rings. The molecule has 2 fully saturated rings. The van der Waals surface area contributed by atoms with Crippen LogP contribution in [-0.2, 0) is 11.3 Å². The fourth-order valence-corrected chi connectivity index (χ4v) is 4.46. The second kappa shape index (κ2) is 11.0. The zero-order valence-corrected chi connectivity index (χ0v) is 19.7. The molecule has 2 aromatic rings. The van der Waals surface area contributed by atoms with Crippen molar-refractivity contribution in [3.8, 4) is 11.5 Å². The Kier molecular flexibility index (Phi) is 7.89. The van der Waals surface area contributed by atoms with Crippen LogP contribution in [0.1, 0.15) is 43.2 Å². The van der Waals surface area contributed by atoms with E-state index in [0.29, 0.717) is 32.5 Å². The average molecular weight is 453 g/mol. The van der Waals surface area contributed by atoms with Gasteiger partial charge in [0.1, 0.15) is 23.7 Å². The lowest BCUT2D eigenvalue weighted by Crippen LogP contribution is -2.47. The van der Waals surface area contributed by atoms with Crippen LogP contribution < -0.4 is 9.47 Å². The van der Waals surface area contributed by atoms with E-state index in [2.05, 4.69) is 17.0 Å². The van der Waals surface area contributed by atoms with E-state index in [1.165, 1.54) is 11.1 Å². The number of benzene rings is 2. The van der Waals surface area contributed by atoms with Crippen molar-refractivity contribution in [2.45, 2.75) is 51.2 Å². The van der Waals surface area contributed by atoms with Crippen molar-refractivity contribution in [3.63, 3.8) is 0 Å². The van der Waals surface area contributed by atoms with E-state index in [1.807, 2.05) is 48.2 Å². The number of carbonyl (C=O) groups excluding carboxylic acids is 1. The summed E-state index contributed by atoms with van der Waals surface area (Å²) in [6.45, 7) is 7.25. The van der Waals surface area contributed by atoms with E-state index in [9.17, 15) is 9.90 Å². The number of piperidine rings is 1. The lowest BCUT2D eigenvalue weighted by molar-refractivity contribution is -0.127. The molecule has 2 aliphatic heterocycles. The Morgan fingerprint density at radius 2 is 1.61 bits per heavy atom. The third-order valence-corrected chi connectivity index (χ3v) is 6.66. The van der Waals surface area contributed by atoms with Crippen LogP contribution in [0.5, 0.6) is 11.5 Å². The standard InChI is InChI=1S/C27H36N2O4/c1-22-5-9-25(10-6-22)33-21-27(31)13-17-28(18-14-27)20-23-7-11-24(12-8-23)32-19-3-16-29-15-2-4-26(29)30/h5-12,31H,2-4,13-21H2,1H3. The molecule has 0 saturated carbocycles. The molecular formula is C27H36N2O4. The van der Waals surface area contributed by atoms with Crippen molar-refractivity contribution < 1.29 is 19.4 Å². The zero-order chi connectivity index (χ0) is 23.1. The van der Waals surface area contributed by atoms with Gasteiger partial charge in [-0.05, 0) is 62.4 Å². The van der Waals surface area contributed by atoms with Gasteiger partial charge in [-0.3, -0.25) is 9.69 Å². The molecular weight excluding hydrogens is 416 g/mol. The molecule has 33 heavy (non-hydrogen) atoms. The number of nitrogens with zero attached hydrogens (tertiary/aromatic N) is 2. The first-order valence-corrected chi connectivity index (χ1v) is 12.1. The molecule has 2 saturated heterocycles. The predicted octanol–water partition coefficient (Wildman–Crippen LogP) is 3.79. The summed E-state index contributed by atoms with van der Waals surface area (Å²) in [5, 5.41) is 10.9. The topological polar surface area (TPSA) is 62.2 Å². The molecule has 4 rings (SSSR count). The summed E-state index contributed by atoms with van der Waals surface area (Å²) in [5.74, 6) is 1.95. The minimum Gasteiger partial charge on any atom is -0.494 e. The third kappa shape index (κ3) is 6.95. The van der Waals surface area contributed by atoms with E-state index in [1.54, 1.807) is 0 Å². The molecule has 2 heterocycles. The first-order chi connectivity index (χ1) is 16.0. The normalized spacial score (nSPS) is 18.5. The number of likely N-dealkylation sites (tertiary alicyclic amines) is 2. The van der Waals surface area contributed by atoms with Crippen molar-refractivity contribution >= 4 is 5.91 Å². The number of hydrogen-bond acceptors (Lipinski definition) is 5. The SMILES string of the molecule is Cc1ccc(OCC2(O)CCN(Cc3ccc(OCCCN4CCCC4=O)cc3)CC2)cc1. The molecule has 0 radical (unpaired) electrons. The lowest BCUT2D eigenvalue weighted by atomic mass is 9.92. The summed E-state index contributed by atoms with van der Waals surface area (Å²) in [5.41, 5.74) is 1.68. The molecule has 1 amide bonds. The molecule has 6 nitrogen and oxygen atoms in total. The van der Waals surface area contributed by atoms with E-state index >= 15 is 0 Å². The smallest absolute Gasteiger partial charge is 0.222 e. The maximum Gasteiger partial charge on any atom is 0.222 e. The van der Waals surface area contributed by atoms with Crippen molar-refractivity contribution in [3.05, 3.63) is 59.7 Å². The number of amides is 1. The average Bonchev–Trinajstić information content (AvgIpc) is 3.24. The predicted molar refractivity (Wildman–Crippen MR) is 129 cm³/mol. The van der Waals surface area contributed by atoms with E-state index in [0.717, 1.165) is 57.1 Å². The maximum absolute atomic E-state index is 11.6. The largest absolute Gasteiger partial charge is 0.494 e. The summed E-state index contributed by atoms with van der Waals surface area (Å²) in [6, 6.07) is 16.2. The summed E-state index contributed by atoms with van der Waals surface area (Å²) in [4.78, 5) is 15.9. The Hall–Kier alpha value is -2.57. The highest BCUT2D eigenvalue weighted by Crippen LogP contribution is 2.25. The molecule has 2 aromatic carbocycles. The van der Waals surface area contributed by atoms with E-state index in [-0.39, 0.29) is 5.91 Å². The molecule has 6 heteroatoms. The Morgan fingerprint density at radius 3 is 2.27 bits per heavy atom. The van der Waals surface area contributed by atoms with Gasteiger partial charge < -0.3 is 19.5 Å². The van der Waals surface area contributed by atoms with Crippen LogP contribution in [0.3, 0.4) is 0 Å². The van der Waals surface area contributed by atoms with Gasteiger partial charge in [0, 0.05) is 39.1 Å². The van der Waals surface area contributed by atoms with Crippen LogP contribution in [0.25, 0.3) is 0 Å². The van der Waals surface area contributed by atoms with Gasteiger partial charge in [-0.25, -0.2) is 0 Å². The van der Waals surface area contributed by atoms with E-state index in [4.69, 9.17) is 9.47 Å². The van der Waals surface area contributed by atoms with Crippen LogP contribution in [0.2, 0.25) is 0 Å². The molecule has 0 spiro atoms. The van der Waals surface area contributed by atoms with Crippen LogP contribution >= 0.6 is 0 Å². The highest BCUT2D eigenvalue weighted by molar-refractivity contribution is 5.77. The second-order valence-electron chi connectivity index (χ2n) is 9.43. The summed E-state index contributed by atoms with van der Waals surface area (Å²) >= 11 is 0. The summed E-state index contributed by atoms with van der Waals surface area (Å²) < 4.78 is 11.7. The Morgan fingerprint density at radius 1 is 0.939 bits per heavy atom. The molecule has 0 aromatic heterocycles. The summed E-state index contributed by atoms with van der Waals surface area (Å²) in [6.07, 6.45) is 3.95. The Balaban J connectivity index is 1.15. The van der Waals surface area contributed by atoms with Crippen molar-refractivity contribution in [2.75, 3.05) is 39.4 Å². The summed E-state index contributed by atoms with van der Waals surface area (Å²) in [7, 11) is 0. The maximum atomic E-state index is 11.6. The Bertz CT molecular complexity index is 889. The number of ether oxygens (including phenoxy) is 2. The van der Waals surface area contributed by atoms with Gasteiger partial charge in [0.15, 0.2) is 0 Å². The number of carbonyl (C=O) groups is 1. The van der Waals surface area contributed by atoms with Crippen molar-refractivity contribution in [1.29, 1.82) is 0 Å². The van der Waals surface area contributed by atoms with E-state index < -0.39 is 5.60 Å². The van der Waals surface area contributed by atoms with Crippen LogP contribution in [0.4, 0.5) is 0 Å². The van der Waals surface area contributed by atoms with Crippen LogP contribution in [0, 0.1) is 6.92 Å². The highest BCUT2D eigenvalue weighted by Gasteiger charge is 2.33. The van der Waals surface area contributed by atoms with Crippen molar-refractivity contribution in [2.24, 2.45) is 0 Å². The second-order valence-corrected chi connectivity index (χ2v) is 9.43. The van der Waals surface area contributed by atoms with Crippen LogP contribution in [-0.4, -0.2) is 65.8 Å². The van der Waals surface area contributed by atoms with Gasteiger partial charge in [-0.15, -0.1) is 0 Å². The molecule has 178 valence electrons. The molecule has 0 atom stereocenters. The van der Waals surface area contributed by atoms with Crippen LogP contribution in [0.15, 0.2) is 48.5 Å². The molecule has 0 unspecified atom stereocenters. The van der Waals surface area contributed by atoms with Gasteiger partial charge in [-0.2, -0.15) is 0 Å². The number of rotatable bonds is 10. The number of aryl methyl sites for hydroxylation is 1. The first-order valence-electron chi connectivity index (χ1n) is 12.1. The van der Waals surface area contributed by atoms with Crippen molar-refractivity contribution in [1.82, 2.24) is 9.80 Å². The van der Waals surface area contributed by atoms with Gasteiger partial charge >= 0.3 is 0 Å². The van der Waals surface area contributed by atoms with Gasteiger partial charge in [0.05, 0.1) is 6.61 Å². The lowest BCUT2D eigenvalue weighted by Gasteiger charge is -2.38. The van der Waals surface area contributed by atoms with Gasteiger partial charge in [0.25, 0.3) is 0 Å². The zero-order valence-electron chi connectivity index (χ0n) is 19.7. The number of hydrogen-bond donors (Lipinski definition) is 1. The highest BCUT2D eigenvalue weighted by atomic mass is 16.5. The minimum atomic E-state index is -0.765.